The highest BCUT2D eigenvalue weighted by molar-refractivity contribution is 6.28. The van der Waals surface area contributed by atoms with Gasteiger partial charge in [0, 0.05) is 24.0 Å². The van der Waals surface area contributed by atoms with Gasteiger partial charge in [-0.15, -0.1) is 0 Å². The monoisotopic (exact) mass is 410 g/mol. The number of halogens is 1. The van der Waals surface area contributed by atoms with Gasteiger partial charge in [0.25, 0.3) is 11.5 Å². The first-order valence-corrected chi connectivity index (χ1v) is 9.30. The molecular formula is C19H15ClN6O3. The number of rotatable bonds is 2. The fraction of sp³-hybridized carbons (Fsp3) is 0.158. The van der Waals surface area contributed by atoms with E-state index < -0.39 is 0 Å². The molecule has 9 nitrogen and oxygen atoms in total. The van der Waals surface area contributed by atoms with E-state index >= 15 is 0 Å². The molecule has 1 aliphatic heterocycles. The number of nitrogens with zero attached hydrogens (tertiary/aromatic N) is 2. The maximum absolute atomic E-state index is 12.4. The number of carbonyl (C=O) groups is 1. The standard InChI is InChI=1S/C19H15ClN6O3/c1-8-7-21-16-15-9-2-5-12(24-13-6-14(27)26-19(20)25-13)23-10(9)3-4-11(15)29-17(16)18(28)22-8/h2-6,8,21H,7H2,1H3,(H,22,28)(H2,23,24,25,26,27). The number of carbonyl (C=O) groups excluding carboxylic acids is 1. The van der Waals surface area contributed by atoms with Gasteiger partial charge in [0.1, 0.15) is 17.2 Å². The van der Waals surface area contributed by atoms with Crippen molar-refractivity contribution < 1.29 is 9.21 Å². The summed E-state index contributed by atoms with van der Waals surface area (Å²) in [6, 6.07) is 8.51. The van der Waals surface area contributed by atoms with Crippen molar-refractivity contribution in [2.24, 2.45) is 0 Å². The summed E-state index contributed by atoms with van der Waals surface area (Å²) < 4.78 is 5.81. The molecule has 3 aromatic heterocycles. The van der Waals surface area contributed by atoms with Crippen LogP contribution in [0.2, 0.25) is 5.28 Å². The van der Waals surface area contributed by atoms with E-state index in [0.717, 1.165) is 10.8 Å². The van der Waals surface area contributed by atoms with Crippen LogP contribution in [0.15, 0.2) is 39.5 Å². The molecule has 0 bridgehead atoms. The van der Waals surface area contributed by atoms with Gasteiger partial charge >= 0.3 is 0 Å². The summed E-state index contributed by atoms with van der Waals surface area (Å²) in [7, 11) is 0. The molecule has 0 saturated heterocycles. The summed E-state index contributed by atoms with van der Waals surface area (Å²) in [5.41, 5.74) is 1.60. The lowest BCUT2D eigenvalue weighted by Crippen LogP contribution is -2.34. The van der Waals surface area contributed by atoms with E-state index in [2.05, 4.69) is 30.9 Å². The molecule has 1 aliphatic rings. The summed E-state index contributed by atoms with van der Waals surface area (Å²) in [5, 5.41) is 10.8. The highest BCUT2D eigenvalue weighted by Gasteiger charge is 2.26. The molecule has 1 unspecified atom stereocenters. The minimum absolute atomic E-state index is 0.0119. The Balaban J connectivity index is 1.61. The minimum atomic E-state index is -0.366. The Morgan fingerprint density at radius 3 is 2.86 bits per heavy atom. The molecule has 4 heterocycles. The summed E-state index contributed by atoms with van der Waals surface area (Å²) in [4.78, 5) is 35.0. The highest BCUT2D eigenvalue weighted by Crippen LogP contribution is 2.37. The Kier molecular flexibility index (Phi) is 3.92. The lowest BCUT2D eigenvalue weighted by atomic mass is 10.1. The van der Waals surface area contributed by atoms with E-state index in [-0.39, 0.29) is 34.4 Å². The first kappa shape index (κ1) is 17.5. The van der Waals surface area contributed by atoms with E-state index in [1.807, 2.05) is 19.1 Å². The Labute approximate surface area is 168 Å². The second-order valence-electron chi connectivity index (χ2n) is 6.81. The number of benzene rings is 1. The van der Waals surface area contributed by atoms with E-state index in [4.69, 9.17) is 16.0 Å². The molecule has 0 saturated carbocycles. The van der Waals surface area contributed by atoms with Crippen LogP contribution in [0, 0.1) is 0 Å². The molecule has 5 rings (SSSR count). The van der Waals surface area contributed by atoms with Gasteiger partial charge in [-0.2, -0.15) is 0 Å². The third kappa shape index (κ3) is 3.05. The summed E-state index contributed by atoms with van der Waals surface area (Å²) in [6.07, 6.45) is 0. The van der Waals surface area contributed by atoms with Crippen LogP contribution < -0.4 is 21.5 Å². The van der Waals surface area contributed by atoms with Gasteiger partial charge in [0.15, 0.2) is 0 Å². The minimum Gasteiger partial charge on any atom is -0.449 e. The van der Waals surface area contributed by atoms with Gasteiger partial charge in [-0.25, -0.2) is 9.97 Å². The number of anilines is 3. The maximum Gasteiger partial charge on any atom is 0.289 e. The molecule has 0 aliphatic carbocycles. The first-order valence-electron chi connectivity index (χ1n) is 8.93. The number of aromatic amines is 1. The van der Waals surface area contributed by atoms with Crippen LogP contribution in [0.4, 0.5) is 17.3 Å². The number of fused-ring (bicyclic) bond motifs is 5. The van der Waals surface area contributed by atoms with Crippen molar-refractivity contribution in [2.75, 3.05) is 17.2 Å². The third-order valence-corrected chi connectivity index (χ3v) is 4.84. The number of hydrogen-bond donors (Lipinski definition) is 4. The number of furan rings is 1. The van der Waals surface area contributed by atoms with Crippen molar-refractivity contribution in [1.29, 1.82) is 0 Å². The number of nitrogens with one attached hydrogen (secondary N) is 4. The van der Waals surface area contributed by atoms with Gasteiger partial charge in [-0.05, 0) is 42.8 Å². The van der Waals surface area contributed by atoms with Crippen LogP contribution in [0.1, 0.15) is 17.5 Å². The highest BCUT2D eigenvalue weighted by atomic mass is 35.5. The molecule has 146 valence electrons. The molecule has 0 radical (unpaired) electrons. The smallest absolute Gasteiger partial charge is 0.289 e. The predicted molar refractivity (Wildman–Crippen MR) is 110 cm³/mol. The maximum atomic E-state index is 12.4. The van der Waals surface area contributed by atoms with Crippen LogP contribution in [0.3, 0.4) is 0 Å². The topological polar surface area (TPSA) is 125 Å². The Morgan fingerprint density at radius 2 is 2.03 bits per heavy atom. The van der Waals surface area contributed by atoms with E-state index in [0.29, 0.717) is 29.1 Å². The van der Waals surface area contributed by atoms with Gasteiger partial charge in [0.2, 0.25) is 11.0 Å². The largest absolute Gasteiger partial charge is 0.449 e. The van der Waals surface area contributed by atoms with Gasteiger partial charge in [0.05, 0.1) is 16.6 Å². The molecule has 4 aromatic rings. The SMILES string of the molecule is CC1CNc2c(oc3ccc4nc(Nc5cc(=O)[nH]c(Cl)n5)ccc4c23)C(=O)N1. The van der Waals surface area contributed by atoms with Crippen LogP contribution in [-0.2, 0) is 0 Å². The third-order valence-electron chi connectivity index (χ3n) is 4.66. The quantitative estimate of drug-likeness (QED) is 0.374. The average Bonchev–Trinajstić information content (AvgIpc) is 2.98. The van der Waals surface area contributed by atoms with Crippen molar-refractivity contribution in [1.82, 2.24) is 20.3 Å². The zero-order valence-electron chi connectivity index (χ0n) is 15.2. The fourth-order valence-electron chi connectivity index (χ4n) is 3.42. The second-order valence-corrected chi connectivity index (χ2v) is 7.17. The number of H-pyrrole nitrogens is 1. The number of hydrogen-bond acceptors (Lipinski definition) is 7. The average molecular weight is 411 g/mol. The van der Waals surface area contributed by atoms with Crippen molar-refractivity contribution in [3.63, 3.8) is 0 Å². The molecule has 10 heteroatoms. The lowest BCUT2D eigenvalue weighted by molar-refractivity contribution is 0.0920. The van der Waals surface area contributed by atoms with Crippen molar-refractivity contribution in [3.05, 3.63) is 51.7 Å². The molecule has 1 amide bonds. The zero-order chi connectivity index (χ0) is 20.1. The molecule has 1 aromatic carbocycles. The molecule has 4 N–H and O–H groups in total. The van der Waals surface area contributed by atoms with Crippen molar-refractivity contribution in [2.45, 2.75) is 13.0 Å². The molecule has 0 fully saturated rings. The van der Waals surface area contributed by atoms with Crippen molar-refractivity contribution >= 4 is 56.7 Å². The molecule has 29 heavy (non-hydrogen) atoms. The van der Waals surface area contributed by atoms with E-state index in [9.17, 15) is 9.59 Å². The number of amides is 1. The predicted octanol–water partition coefficient (Wildman–Crippen LogP) is 3.01. The Hall–Kier alpha value is -3.59. The van der Waals surface area contributed by atoms with Gasteiger partial charge in [-0.1, -0.05) is 0 Å². The lowest BCUT2D eigenvalue weighted by Gasteiger charge is -2.10. The summed E-state index contributed by atoms with van der Waals surface area (Å²) in [6.45, 7) is 2.51. The zero-order valence-corrected chi connectivity index (χ0v) is 15.9. The normalized spacial score (nSPS) is 16.2. The first-order chi connectivity index (χ1) is 14.0. The molecular weight excluding hydrogens is 396 g/mol. The Bertz CT molecular complexity index is 1350. The fourth-order valence-corrected chi connectivity index (χ4v) is 3.60. The molecule has 1 atom stereocenters. The van der Waals surface area contributed by atoms with Crippen molar-refractivity contribution in [3.8, 4) is 0 Å². The van der Waals surface area contributed by atoms with Crippen LogP contribution >= 0.6 is 11.6 Å². The molecule has 0 spiro atoms. The van der Waals surface area contributed by atoms with Gasteiger partial charge in [-0.3, -0.25) is 14.6 Å². The number of aromatic nitrogens is 3. The summed E-state index contributed by atoms with van der Waals surface area (Å²) in [5.74, 6) is 0.808. The Morgan fingerprint density at radius 1 is 1.17 bits per heavy atom. The van der Waals surface area contributed by atoms with Crippen LogP contribution in [0.25, 0.3) is 21.9 Å². The van der Waals surface area contributed by atoms with E-state index in [1.54, 1.807) is 12.1 Å². The van der Waals surface area contributed by atoms with E-state index in [1.165, 1.54) is 6.07 Å². The van der Waals surface area contributed by atoms with Crippen LogP contribution in [-0.4, -0.2) is 33.4 Å². The van der Waals surface area contributed by atoms with Gasteiger partial charge < -0.3 is 20.4 Å². The summed E-state index contributed by atoms with van der Waals surface area (Å²) >= 11 is 5.79. The van der Waals surface area contributed by atoms with Crippen LogP contribution in [0.5, 0.6) is 0 Å². The number of pyridine rings is 1. The second kappa shape index (κ2) is 6.49.